The molecule has 0 bridgehead atoms. The van der Waals surface area contributed by atoms with Crippen molar-refractivity contribution in [1.29, 1.82) is 0 Å². The Morgan fingerprint density at radius 1 is 1.08 bits per heavy atom. The molecule has 1 atom stereocenters. The molecule has 0 saturated carbocycles. The van der Waals surface area contributed by atoms with E-state index < -0.39 is 11.7 Å². The Morgan fingerprint density at radius 3 is 2.60 bits per heavy atom. The van der Waals surface area contributed by atoms with Crippen molar-refractivity contribution >= 4 is 28.4 Å². The minimum atomic E-state index is -2.63. The standard InChI is InChI=1S/C19H16F2N2OS/c1-12(14-9-8-13-5-2-3-6-15(13)11-14)23-17(24)16-7-4-10-22-18(16)25-19(20)21/h2-12,19H,1H3,(H,23,24). The van der Waals surface area contributed by atoms with Crippen molar-refractivity contribution < 1.29 is 13.6 Å². The highest BCUT2D eigenvalue weighted by atomic mass is 32.2. The summed E-state index contributed by atoms with van der Waals surface area (Å²) in [7, 11) is 0. The van der Waals surface area contributed by atoms with Crippen LogP contribution >= 0.6 is 11.8 Å². The van der Waals surface area contributed by atoms with Crippen molar-refractivity contribution in [2.24, 2.45) is 0 Å². The maximum atomic E-state index is 12.6. The molecule has 25 heavy (non-hydrogen) atoms. The Bertz CT molecular complexity index is 901. The van der Waals surface area contributed by atoms with Gasteiger partial charge in [0.2, 0.25) is 0 Å². The second kappa shape index (κ2) is 7.61. The van der Waals surface area contributed by atoms with Crippen molar-refractivity contribution in [3.63, 3.8) is 0 Å². The molecule has 0 fully saturated rings. The lowest BCUT2D eigenvalue weighted by molar-refractivity contribution is 0.0936. The molecule has 3 rings (SSSR count). The van der Waals surface area contributed by atoms with Crippen LogP contribution in [-0.4, -0.2) is 16.6 Å². The van der Waals surface area contributed by atoms with Gasteiger partial charge in [-0.3, -0.25) is 4.79 Å². The normalized spacial score (nSPS) is 12.3. The lowest BCUT2D eigenvalue weighted by Gasteiger charge is -2.16. The van der Waals surface area contributed by atoms with E-state index >= 15 is 0 Å². The summed E-state index contributed by atoms with van der Waals surface area (Å²) in [6.45, 7) is 1.86. The monoisotopic (exact) mass is 358 g/mol. The fourth-order valence-electron chi connectivity index (χ4n) is 2.58. The van der Waals surface area contributed by atoms with Crippen molar-refractivity contribution in [1.82, 2.24) is 10.3 Å². The quantitative estimate of drug-likeness (QED) is 0.650. The van der Waals surface area contributed by atoms with Gasteiger partial charge in [-0.1, -0.05) is 36.4 Å². The van der Waals surface area contributed by atoms with Crippen LogP contribution in [0.25, 0.3) is 10.8 Å². The number of amides is 1. The van der Waals surface area contributed by atoms with Gasteiger partial charge in [0.1, 0.15) is 5.03 Å². The summed E-state index contributed by atoms with van der Waals surface area (Å²) in [4.78, 5) is 16.4. The van der Waals surface area contributed by atoms with Crippen molar-refractivity contribution in [3.05, 3.63) is 71.9 Å². The largest absolute Gasteiger partial charge is 0.345 e. The Labute approximate surface area is 148 Å². The molecule has 1 unspecified atom stereocenters. The van der Waals surface area contributed by atoms with Gasteiger partial charge in [-0.25, -0.2) is 4.98 Å². The number of rotatable bonds is 5. The molecule has 3 aromatic rings. The summed E-state index contributed by atoms with van der Waals surface area (Å²) in [5, 5.41) is 5.08. The third kappa shape index (κ3) is 4.14. The zero-order valence-electron chi connectivity index (χ0n) is 13.4. The molecule has 128 valence electrons. The third-order valence-corrected chi connectivity index (χ3v) is 4.56. The summed E-state index contributed by atoms with van der Waals surface area (Å²) in [6.07, 6.45) is 1.40. The fourth-order valence-corrected chi connectivity index (χ4v) is 3.15. The van der Waals surface area contributed by atoms with Gasteiger partial charge in [-0.2, -0.15) is 8.78 Å². The molecule has 0 saturated heterocycles. The number of fused-ring (bicyclic) bond motifs is 1. The Morgan fingerprint density at radius 2 is 1.84 bits per heavy atom. The number of benzene rings is 2. The van der Waals surface area contributed by atoms with Gasteiger partial charge in [0.05, 0.1) is 11.6 Å². The van der Waals surface area contributed by atoms with Gasteiger partial charge in [-0.15, -0.1) is 0 Å². The molecule has 1 amide bonds. The third-order valence-electron chi connectivity index (χ3n) is 3.84. The van der Waals surface area contributed by atoms with Crippen molar-refractivity contribution in [3.8, 4) is 0 Å². The maximum absolute atomic E-state index is 12.6. The number of alkyl halides is 2. The first-order valence-electron chi connectivity index (χ1n) is 7.74. The maximum Gasteiger partial charge on any atom is 0.290 e. The first kappa shape index (κ1) is 17.4. The lowest BCUT2D eigenvalue weighted by Crippen LogP contribution is -2.27. The average Bonchev–Trinajstić information content (AvgIpc) is 2.61. The van der Waals surface area contributed by atoms with E-state index in [1.54, 1.807) is 6.07 Å². The van der Waals surface area contributed by atoms with Crippen LogP contribution in [0.15, 0.2) is 65.8 Å². The van der Waals surface area contributed by atoms with Gasteiger partial charge in [-0.05, 0) is 53.2 Å². The number of hydrogen-bond donors (Lipinski definition) is 1. The van der Waals surface area contributed by atoms with Crippen LogP contribution in [0, 0.1) is 0 Å². The van der Waals surface area contributed by atoms with E-state index in [4.69, 9.17) is 0 Å². The summed E-state index contributed by atoms with van der Waals surface area (Å²) in [6, 6.07) is 16.7. The van der Waals surface area contributed by atoms with E-state index in [0.29, 0.717) is 0 Å². The number of carbonyl (C=O) groups excluding carboxylic acids is 1. The van der Waals surface area contributed by atoms with Crippen molar-refractivity contribution in [2.45, 2.75) is 23.7 Å². The predicted octanol–water partition coefficient (Wildman–Crippen LogP) is 5.04. The van der Waals surface area contributed by atoms with Crippen LogP contribution in [0.1, 0.15) is 28.9 Å². The van der Waals surface area contributed by atoms with Crippen LogP contribution in [0.5, 0.6) is 0 Å². The smallest absolute Gasteiger partial charge is 0.290 e. The Hall–Kier alpha value is -2.47. The van der Waals surface area contributed by atoms with E-state index in [1.165, 1.54) is 12.3 Å². The second-order valence-corrected chi connectivity index (χ2v) is 6.52. The molecule has 6 heteroatoms. The molecule has 0 aliphatic heterocycles. The number of hydrogen-bond acceptors (Lipinski definition) is 3. The SMILES string of the molecule is CC(NC(=O)c1cccnc1SC(F)F)c1ccc2ccccc2c1. The van der Waals surface area contributed by atoms with Gasteiger partial charge >= 0.3 is 0 Å². The minimum absolute atomic E-state index is 0.0284. The topological polar surface area (TPSA) is 42.0 Å². The molecule has 0 spiro atoms. The van der Waals surface area contributed by atoms with Crippen LogP contribution < -0.4 is 5.32 Å². The molecule has 1 N–H and O–H groups in total. The second-order valence-electron chi connectivity index (χ2n) is 5.54. The number of nitrogens with zero attached hydrogens (tertiary/aromatic N) is 1. The van der Waals surface area contributed by atoms with Crippen LogP contribution in [0.2, 0.25) is 0 Å². The number of aromatic nitrogens is 1. The average molecular weight is 358 g/mol. The number of halogens is 2. The summed E-state index contributed by atoms with van der Waals surface area (Å²) < 4.78 is 25.3. The zero-order chi connectivity index (χ0) is 17.8. The van der Waals surface area contributed by atoms with Gasteiger partial charge < -0.3 is 5.32 Å². The molecule has 3 nitrogen and oxygen atoms in total. The van der Waals surface area contributed by atoms with Gasteiger partial charge in [0.15, 0.2) is 0 Å². The lowest BCUT2D eigenvalue weighted by atomic mass is 10.0. The predicted molar refractivity (Wildman–Crippen MR) is 95.9 cm³/mol. The number of carbonyl (C=O) groups is 1. The van der Waals surface area contributed by atoms with Gasteiger partial charge in [0, 0.05) is 6.20 Å². The Kier molecular flexibility index (Phi) is 5.28. The van der Waals surface area contributed by atoms with E-state index in [1.807, 2.05) is 49.4 Å². The van der Waals surface area contributed by atoms with Crippen molar-refractivity contribution in [2.75, 3.05) is 0 Å². The van der Waals surface area contributed by atoms with E-state index in [9.17, 15) is 13.6 Å². The highest BCUT2D eigenvalue weighted by molar-refractivity contribution is 7.99. The van der Waals surface area contributed by atoms with E-state index in [-0.39, 0.29) is 28.4 Å². The molecular weight excluding hydrogens is 342 g/mol. The van der Waals surface area contributed by atoms with Crippen LogP contribution in [-0.2, 0) is 0 Å². The van der Waals surface area contributed by atoms with E-state index in [0.717, 1.165) is 16.3 Å². The zero-order valence-corrected chi connectivity index (χ0v) is 14.3. The summed E-state index contributed by atoms with van der Waals surface area (Å²) in [5.74, 6) is -3.05. The number of nitrogens with one attached hydrogen (secondary N) is 1. The molecule has 0 radical (unpaired) electrons. The highest BCUT2D eigenvalue weighted by Crippen LogP contribution is 2.27. The molecular formula is C19H16F2N2OS. The summed E-state index contributed by atoms with van der Waals surface area (Å²) in [5.41, 5.74) is 1.10. The van der Waals surface area contributed by atoms with Gasteiger partial charge in [0.25, 0.3) is 11.7 Å². The fraction of sp³-hybridized carbons (Fsp3) is 0.158. The van der Waals surface area contributed by atoms with E-state index in [2.05, 4.69) is 10.3 Å². The minimum Gasteiger partial charge on any atom is -0.345 e. The first-order valence-corrected chi connectivity index (χ1v) is 8.62. The molecule has 1 heterocycles. The molecule has 2 aromatic carbocycles. The number of thioether (sulfide) groups is 1. The highest BCUT2D eigenvalue weighted by Gasteiger charge is 2.18. The van der Waals surface area contributed by atoms with Crippen LogP contribution in [0.4, 0.5) is 8.78 Å². The first-order chi connectivity index (χ1) is 12.0. The molecule has 1 aromatic heterocycles. The molecule has 0 aliphatic carbocycles. The summed E-state index contributed by atoms with van der Waals surface area (Å²) >= 11 is 0.273. The Balaban J connectivity index is 1.80. The molecule has 0 aliphatic rings. The number of pyridine rings is 1. The van der Waals surface area contributed by atoms with Crippen LogP contribution in [0.3, 0.4) is 0 Å².